The van der Waals surface area contributed by atoms with Crippen LogP contribution >= 0.6 is 0 Å². The number of nitrogens with zero attached hydrogens (tertiary/aromatic N) is 3. The van der Waals surface area contributed by atoms with Gasteiger partial charge in [0, 0.05) is 5.39 Å². The highest BCUT2D eigenvalue weighted by Gasteiger charge is 2.14. The number of para-hydroxylation sites is 1. The molecule has 96 valence electrons. The Labute approximate surface area is 114 Å². The minimum atomic E-state index is -0.997. The maximum atomic E-state index is 11.2. The summed E-state index contributed by atoms with van der Waals surface area (Å²) >= 11 is 0. The Morgan fingerprint density at radius 1 is 1.20 bits per heavy atom. The summed E-state index contributed by atoms with van der Waals surface area (Å²) in [7, 11) is 0. The maximum Gasteiger partial charge on any atom is 0.336 e. The smallest absolute Gasteiger partial charge is 0.336 e. The molecule has 1 N–H and O–H groups in total. The van der Waals surface area contributed by atoms with Crippen LogP contribution in [0, 0.1) is 11.3 Å². The number of hydrogen-bond acceptors (Lipinski definition) is 3. The lowest BCUT2D eigenvalue weighted by Crippen LogP contribution is -2.00. The van der Waals surface area contributed by atoms with E-state index in [1.807, 2.05) is 6.07 Å². The van der Waals surface area contributed by atoms with E-state index in [9.17, 15) is 9.90 Å². The Bertz CT molecular complexity index is 859. The molecule has 0 unspecified atom stereocenters. The van der Waals surface area contributed by atoms with E-state index >= 15 is 0 Å². The zero-order valence-corrected chi connectivity index (χ0v) is 10.3. The molecular formula is C15H9N3O2. The van der Waals surface area contributed by atoms with Crippen LogP contribution in [-0.4, -0.2) is 20.9 Å². The molecule has 0 aliphatic rings. The Hall–Kier alpha value is -3.13. The first-order valence-corrected chi connectivity index (χ1v) is 5.92. The third kappa shape index (κ3) is 1.71. The zero-order valence-electron chi connectivity index (χ0n) is 10.3. The van der Waals surface area contributed by atoms with E-state index in [1.165, 1.54) is 12.3 Å². The number of hydrogen-bond donors (Lipinski definition) is 1. The molecule has 1 heterocycles. The van der Waals surface area contributed by atoms with Gasteiger partial charge in [-0.05, 0) is 24.3 Å². The van der Waals surface area contributed by atoms with Gasteiger partial charge in [0.15, 0.2) is 0 Å². The van der Waals surface area contributed by atoms with Gasteiger partial charge in [-0.1, -0.05) is 18.2 Å². The van der Waals surface area contributed by atoms with Gasteiger partial charge in [-0.2, -0.15) is 10.4 Å². The number of aromatic nitrogens is 2. The fourth-order valence-electron chi connectivity index (χ4n) is 2.18. The number of benzene rings is 2. The van der Waals surface area contributed by atoms with E-state index in [1.54, 1.807) is 35.0 Å². The molecule has 1 aromatic heterocycles. The van der Waals surface area contributed by atoms with Crippen molar-refractivity contribution in [1.82, 2.24) is 9.78 Å². The van der Waals surface area contributed by atoms with Crippen molar-refractivity contribution in [2.24, 2.45) is 0 Å². The zero-order chi connectivity index (χ0) is 14.1. The Morgan fingerprint density at radius 2 is 2.00 bits per heavy atom. The van der Waals surface area contributed by atoms with Crippen molar-refractivity contribution < 1.29 is 9.90 Å². The number of fused-ring (bicyclic) bond motifs is 1. The molecule has 0 aliphatic carbocycles. The molecule has 0 amide bonds. The van der Waals surface area contributed by atoms with Crippen LogP contribution in [0.25, 0.3) is 16.6 Å². The molecule has 3 rings (SSSR count). The summed E-state index contributed by atoms with van der Waals surface area (Å²) in [6.07, 6.45) is 1.51. The molecule has 0 aliphatic heterocycles. The third-order valence-electron chi connectivity index (χ3n) is 3.10. The molecule has 3 aromatic rings. The molecule has 0 saturated carbocycles. The summed E-state index contributed by atoms with van der Waals surface area (Å²) < 4.78 is 1.58. The van der Waals surface area contributed by atoms with Gasteiger partial charge in [-0.25, -0.2) is 9.48 Å². The van der Waals surface area contributed by atoms with E-state index < -0.39 is 5.97 Å². The van der Waals surface area contributed by atoms with Gasteiger partial charge in [-0.15, -0.1) is 0 Å². The standard InChI is InChI=1S/C15H9N3O2/c16-8-10-4-1-2-6-13(10)18-14-7-3-5-11(15(19)20)12(14)9-17-18/h1-7,9H,(H,19,20). The minimum absolute atomic E-state index is 0.197. The van der Waals surface area contributed by atoms with E-state index in [4.69, 9.17) is 5.26 Å². The molecule has 0 radical (unpaired) electrons. The fourth-order valence-corrected chi connectivity index (χ4v) is 2.18. The third-order valence-corrected chi connectivity index (χ3v) is 3.10. The van der Waals surface area contributed by atoms with Crippen LogP contribution in [0.2, 0.25) is 0 Å². The van der Waals surface area contributed by atoms with Crippen molar-refractivity contribution in [2.45, 2.75) is 0 Å². The average Bonchev–Trinajstić information content (AvgIpc) is 2.90. The first kappa shape index (κ1) is 11.9. The van der Waals surface area contributed by atoms with Gasteiger partial charge in [0.05, 0.1) is 28.5 Å². The van der Waals surface area contributed by atoms with E-state index in [0.29, 0.717) is 22.2 Å². The lowest BCUT2D eigenvalue weighted by Gasteiger charge is -2.05. The average molecular weight is 263 g/mol. The number of nitriles is 1. The van der Waals surface area contributed by atoms with Crippen LogP contribution in [0.4, 0.5) is 0 Å². The Balaban J connectivity index is 2.32. The second kappa shape index (κ2) is 4.52. The molecule has 2 aromatic carbocycles. The van der Waals surface area contributed by atoms with Crippen molar-refractivity contribution >= 4 is 16.9 Å². The monoisotopic (exact) mass is 263 g/mol. The maximum absolute atomic E-state index is 11.2. The lowest BCUT2D eigenvalue weighted by molar-refractivity contribution is 0.0699. The van der Waals surface area contributed by atoms with Crippen LogP contribution in [0.1, 0.15) is 15.9 Å². The van der Waals surface area contributed by atoms with Crippen molar-refractivity contribution in [3.8, 4) is 11.8 Å². The molecule has 20 heavy (non-hydrogen) atoms. The largest absolute Gasteiger partial charge is 0.478 e. The molecule has 5 nitrogen and oxygen atoms in total. The molecule has 5 heteroatoms. The molecular weight excluding hydrogens is 254 g/mol. The number of carboxylic acids is 1. The molecule has 0 spiro atoms. The van der Waals surface area contributed by atoms with Gasteiger partial charge in [0.1, 0.15) is 6.07 Å². The molecule has 0 bridgehead atoms. The quantitative estimate of drug-likeness (QED) is 0.770. The van der Waals surface area contributed by atoms with Crippen LogP contribution in [-0.2, 0) is 0 Å². The molecule has 0 atom stereocenters. The predicted octanol–water partition coefficient (Wildman–Crippen LogP) is 2.60. The van der Waals surface area contributed by atoms with Crippen molar-refractivity contribution in [3.63, 3.8) is 0 Å². The number of carboxylic acid groups (broad SMARTS) is 1. The topological polar surface area (TPSA) is 78.9 Å². The first-order valence-electron chi connectivity index (χ1n) is 5.92. The predicted molar refractivity (Wildman–Crippen MR) is 72.7 cm³/mol. The van der Waals surface area contributed by atoms with Gasteiger partial charge in [0.25, 0.3) is 0 Å². The van der Waals surface area contributed by atoms with Gasteiger partial charge >= 0.3 is 5.97 Å². The van der Waals surface area contributed by atoms with Crippen molar-refractivity contribution in [1.29, 1.82) is 5.26 Å². The fraction of sp³-hybridized carbons (Fsp3) is 0. The van der Waals surface area contributed by atoms with Gasteiger partial charge in [0.2, 0.25) is 0 Å². The summed E-state index contributed by atoms with van der Waals surface area (Å²) in [6.45, 7) is 0. The second-order valence-electron chi connectivity index (χ2n) is 4.23. The molecule has 0 saturated heterocycles. The number of rotatable bonds is 2. The van der Waals surface area contributed by atoms with Crippen LogP contribution < -0.4 is 0 Å². The minimum Gasteiger partial charge on any atom is -0.478 e. The Kier molecular flexibility index (Phi) is 2.70. The molecule has 0 fully saturated rings. The summed E-state index contributed by atoms with van der Waals surface area (Å²) in [6, 6.07) is 14.1. The van der Waals surface area contributed by atoms with Crippen LogP contribution in [0.5, 0.6) is 0 Å². The highest BCUT2D eigenvalue weighted by molar-refractivity contribution is 6.02. The van der Waals surface area contributed by atoms with Crippen molar-refractivity contribution in [2.75, 3.05) is 0 Å². The van der Waals surface area contributed by atoms with E-state index in [0.717, 1.165) is 0 Å². The Morgan fingerprint density at radius 3 is 2.75 bits per heavy atom. The normalized spacial score (nSPS) is 10.3. The van der Waals surface area contributed by atoms with Crippen LogP contribution in [0.3, 0.4) is 0 Å². The summed E-state index contributed by atoms with van der Waals surface area (Å²) in [5, 5.41) is 23.1. The van der Waals surface area contributed by atoms with Gasteiger partial charge < -0.3 is 5.11 Å². The summed E-state index contributed by atoms with van der Waals surface area (Å²) in [5.41, 5.74) is 1.97. The number of carbonyl (C=O) groups is 1. The van der Waals surface area contributed by atoms with E-state index in [2.05, 4.69) is 11.2 Å². The lowest BCUT2D eigenvalue weighted by atomic mass is 10.1. The second-order valence-corrected chi connectivity index (χ2v) is 4.23. The van der Waals surface area contributed by atoms with E-state index in [-0.39, 0.29) is 5.56 Å². The van der Waals surface area contributed by atoms with Crippen LogP contribution in [0.15, 0.2) is 48.7 Å². The first-order chi connectivity index (χ1) is 9.72. The highest BCUT2D eigenvalue weighted by atomic mass is 16.4. The summed E-state index contributed by atoms with van der Waals surface area (Å²) in [5.74, 6) is -0.997. The SMILES string of the molecule is N#Cc1ccccc1-n1ncc2c(C(=O)O)cccc21. The summed E-state index contributed by atoms with van der Waals surface area (Å²) in [4.78, 5) is 11.2. The van der Waals surface area contributed by atoms with Crippen molar-refractivity contribution in [3.05, 3.63) is 59.8 Å². The number of aromatic carboxylic acids is 1. The van der Waals surface area contributed by atoms with Gasteiger partial charge in [-0.3, -0.25) is 0 Å². The highest BCUT2D eigenvalue weighted by Crippen LogP contribution is 2.23.